The fraction of sp³-hybridized carbons (Fsp3) is 0.875. The van der Waals surface area contributed by atoms with E-state index in [9.17, 15) is 4.79 Å². The topological polar surface area (TPSA) is 26.3 Å². The van der Waals surface area contributed by atoms with Crippen LogP contribution in [0.15, 0.2) is 0 Å². The van der Waals surface area contributed by atoms with Crippen molar-refractivity contribution in [1.29, 1.82) is 0 Å². The van der Waals surface area contributed by atoms with Crippen molar-refractivity contribution in [3.05, 3.63) is 6.92 Å². The molecule has 2 nitrogen and oxygen atoms in total. The predicted molar refractivity (Wildman–Crippen MR) is 77.4 cm³/mol. The van der Waals surface area contributed by atoms with Crippen LogP contribution >= 0.6 is 0 Å². The standard InChI is InChI=1S/C16H31O2/c1-7-8-9-15(17)16(12-18-6,10-13(2)3)11-14(4)5/h13-14H,2,7-12H2,1,3-6H3. The minimum Gasteiger partial charge on any atom is -0.384 e. The number of Topliss-reactive ketones (excluding diaryl/α,β-unsaturated/α-hetero) is 1. The molecule has 0 fully saturated rings. The van der Waals surface area contributed by atoms with Gasteiger partial charge in [0, 0.05) is 13.5 Å². The SMILES string of the molecule is [CH2]C(C)CC(COC)(CC(C)C)C(=O)CCCC. The first-order chi connectivity index (χ1) is 8.38. The lowest BCUT2D eigenvalue weighted by molar-refractivity contribution is -0.134. The molecule has 2 unspecified atom stereocenters. The molecule has 0 aliphatic heterocycles. The molecule has 0 rings (SSSR count). The number of ether oxygens (including phenoxy) is 1. The van der Waals surface area contributed by atoms with Crippen molar-refractivity contribution < 1.29 is 9.53 Å². The smallest absolute Gasteiger partial charge is 0.141 e. The average molecular weight is 255 g/mol. The van der Waals surface area contributed by atoms with E-state index in [0.717, 1.165) is 25.7 Å². The van der Waals surface area contributed by atoms with Crippen LogP contribution in [0.2, 0.25) is 0 Å². The Kier molecular flexibility index (Phi) is 8.51. The number of methoxy groups -OCH3 is 1. The molecule has 0 saturated carbocycles. The molecule has 18 heavy (non-hydrogen) atoms. The van der Waals surface area contributed by atoms with Gasteiger partial charge >= 0.3 is 0 Å². The van der Waals surface area contributed by atoms with E-state index >= 15 is 0 Å². The van der Waals surface area contributed by atoms with E-state index in [1.807, 2.05) is 0 Å². The third-order valence-electron chi connectivity index (χ3n) is 3.31. The molecule has 0 aliphatic rings. The molecule has 0 amide bonds. The number of hydrogen-bond acceptors (Lipinski definition) is 2. The van der Waals surface area contributed by atoms with E-state index in [2.05, 4.69) is 34.6 Å². The van der Waals surface area contributed by atoms with E-state index in [1.165, 1.54) is 0 Å². The maximum Gasteiger partial charge on any atom is 0.141 e. The molecule has 0 N–H and O–H groups in total. The van der Waals surface area contributed by atoms with Crippen LogP contribution < -0.4 is 0 Å². The molecule has 0 aromatic carbocycles. The Labute approximate surface area is 113 Å². The van der Waals surface area contributed by atoms with Crippen LogP contribution in [0.4, 0.5) is 0 Å². The zero-order chi connectivity index (χ0) is 14.2. The van der Waals surface area contributed by atoms with Gasteiger partial charge in [0.1, 0.15) is 5.78 Å². The van der Waals surface area contributed by atoms with Gasteiger partial charge in [0.25, 0.3) is 0 Å². The second-order valence-corrected chi connectivity index (χ2v) is 6.15. The Morgan fingerprint density at radius 3 is 2.28 bits per heavy atom. The van der Waals surface area contributed by atoms with Gasteiger partial charge in [0.05, 0.1) is 12.0 Å². The third-order valence-corrected chi connectivity index (χ3v) is 3.31. The zero-order valence-electron chi connectivity index (χ0n) is 12.9. The van der Waals surface area contributed by atoms with Gasteiger partial charge in [-0.25, -0.2) is 0 Å². The van der Waals surface area contributed by atoms with Crippen molar-refractivity contribution in [2.45, 2.75) is 59.8 Å². The van der Waals surface area contributed by atoms with E-state index in [1.54, 1.807) is 7.11 Å². The van der Waals surface area contributed by atoms with Crippen LogP contribution in [0, 0.1) is 24.2 Å². The monoisotopic (exact) mass is 255 g/mol. The van der Waals surface area contributed by atoms with Crippen molar-refractivity contribution in [1.82, 2.24) is 0 Å². The highest BCUT2D eigenvalue weighted by Gasteiger charge is 2.38. The summed E-state index contributed by atoms with van der Waals surface area (Å²) in [5, 5.41) is 0. The first kappa shape index (κ1) is 17.6. The molecular weight excluding hydrogens is 224 g/mol. The highest BCUT2D eigenvalue weighted by Crippen LogP contribution is 2.36. The molecule has 0 heterocycles. The summed E-state index contributed by atoms with van der Waals surface area (Å²) in [6.45, 7) is 13.2. The van der Waals surface area contributed by atoms with E-state index in [0.29, 0.717) is 24.7 Å². The summed E-state index contributed by atoms with van der Waals surface area (Å²) >= 11 is 0. The Morgan fingerprint density at radius 1 is 1.28 bits per heavy atom. The molecule has 107 valence electrons. The zero-order valence-corrected chi connectivity index (χ0v) is 12.9. The number of unbranched alkanes of at least 4 members (excludes halogenated alkanes) is 1. The van der Waals surface area contributed by atoms with E-state index in [4.69, 9.17) is 4.74 Å². The number of rotatable bonds is 10. The fourth-order valence-corrected chi connectivity index (χ4v) is 2.84. The normalized spacial score (nSPS) is 12.4. The Hall–Kier alpha value is -0.370. The van der Waals surface area contributed by atoms with Gasteiger partial charge < -0.3 is 4.74 Å². The molecule has 2 atom stereocenters. The highest BCUT2D eigenvalue weighted by atomic mass is 16.5. The van der Waals surface area contributed by atoms with Crippen LogP contribution in [-0.2, 0) is 9.53 Å². The number of ketones is 1. The Bertz CT molecular complexity index is 221. The lowest BCUT2D eigenvalue weighted by atomic mass is 9.70. The summed E-state index contributed by atoms with van der Waals surface area (Å²) in [4.78, 5) is 12.6. The van der Waals surface area contributed by atoms with Crippen LogP contribution in [-0.4, -0.2) is 19.5 Å². The maximum absolute atomic E-state index is 12.6. The fourth-order valence-electron chi connectivity index (χ4n) is 2.84. The second-order valence-electron chi connectivity index (χ2n) is 6.15. The molecule has 0 aromatic rings. The molecular formula is C16H31O2. The molecule has 2 heteroatoms. The summed E-state index contributed by atoms with van der Waals surface area (Å²) in [5.41, 5.74) is -0.320. The van der Waals surface area contributed by atoms with E-state index < -0.39 is 0 Å². The molecule has 0 aromatic heterocycles. The van der Waals surface area contributed by atoms with Crippen LogP contribution in [0.25, 0.3) is 0 Å². The molecule has 0 bridgehead atoms. The lowest BCUT2D eigenvalue weighted by Gasteiger charge is -2.35. The van der Waals surface area contributed by atoms with Crippen LogP contribution in [0.5, 0.6) is 0 Å². The van der Waals surface area contributed by atoms with Crippen molar-refractivity contribution in [3.63, 3.8) is 0 Å². The minimum atomic E-state index is -0.320. The molecule has 0 saturated heterocycles. The Balaban J connectivity index is 4.96. The summed E-state index contributed by atoms with van der Waals surface area (Å²) in [6, 6.07) is 0. The summed E-state index contributed by atoms with van der Waals surface area (Å²) in [6.07, 6.45) is 4.47. The number of hydrogen-bond donors (Lipinski definition) is 0. The van der Waals surface area contributed by atoms with Gasteiger partial charge in [-0.2, -0.15) is 0 Å². The lowest BCUT2D eigenvalue weighted by Crippen LogP contribution is -2.38. The van der Waals surface area contributed by atoms with Gasteiger partial charge in [-0.15, -0.1) is 0 Å². The van der Waals surface area contributed by atoms with Gasteiger partial charge in [0.15, 0.2) is 0 Å². The molecule has 1 radical (unpaired) electrons. The van der Waals surface area contributed by atoms with Gasteiger partial charge in [0.2, 0.25) is 0 Å². The second kappa shape index (κ2) is 8.68. The van der Waals surface area contributed by atoms with Crippen molar-refractivity contribution in [2.75, 3.05) is 13.7 Å². The summed E-state index contributed by atoms with van der Waals surface area (Å²) in [7, 11) is 1.69. The third kappa shape index (κ3) is 5.99. The Morgan fingerprint density at radius 2 is 1.89 bits per heavy atom. The first-order valence-electron chi connectivity index (χ1n) is 7.23. The summed E-state index contributed by atoms with van der Waals surface area (Å²) in [5.74, 6) is 1.16. The maximum atomic E-state index is 12.6. The summed E-state index contributed by atoms with van der Waals surface area (Å²) < 4.78 is 5.36. The van der Waals surface area contributed by atoms with Crippen LogP contribution in [0.3, 0.4) is 0 Å². The quantitative estimate of drug-likeness (QED) is 0.582. The van der Waals surface area contributed by atoms with Gasteiger partial charge in [-0.3, -0.25) is 4.79 Å². The van der Waals surface area contributed by atoms with Crippen molar-refractivity contribution in [2.24, 2.45) is 17.3 Å². The number of carbonyl (C=O) groups is 1. The van der Waals surface area contributed by atoms with Crippen LogP contribution in [0.1, 0.15) is 59.8 Å². The van der Waals surface area contributed by atoms with Gasteiger partial charge in [-0.1, -0.05) is 41.0 Å². The number of carbonyl (C=O) groups excluding carboxylic acids is 1. The molecule has 0 aliphatic carbocycles. The van der Waals surface area contributed by atoms with Crippen molar-refractivity contribution >= 4 is 5.78 Å². The van der Waals surface area contributed by atoms with Crippen molar-refractivity contribution in [3.8, 4) is 0 Å². The largest absolute Gasteiger partial charge is 0.384 e. The predicted octanol–water partition coefficient (Wildman–Crippen LogP) is 4.28. The first-order valence-corrected chi connectivity index (χ1v) is 7.23. The van der Waals surface area contributed by atoms with Gasteiger partial charge in [-0.05, 0) is 31.1 Å². The highest BCUT2D eigenvalue weighted by molar-refractivity contribution is 5.85. The average Bonchev–Trinajstić information content (AvgIpc) is 2.24. The van der Waals surface area contributed by atoms with E-state index in [-0.39, 0.29) is 11.3 Å². The molecule has 0 spiro atoms. The minimum absolute atomic E-state index is 0.282.